The Kier molecular flexibility index (Phi) is 3.00. The smallest absolute Gasteiger partial charge is 0.267 e. The average molecular weight is 320 g/mol. The lowest BCUT2D eigenvalue weighted by atomic mass is 10.1. The van der Waals surface area contributed by atoms with Gasteiger partial charge in [-0.05, 0) is 25.0 Å². The van der Waals surface area contributed by atoms with Gasteiger partial charge < -0.3 is 0 Å². The second-order valence-electron chi connectivity index (χ2n) is 5.52. The molecule has 2 heterocycles. The van der Waals surface area contributed by atoms with Crippen molar-refractivity contribution in [2.45, 2.75) is 25.2 Å². The van der Waals surface area contributed by atoms with Crippen LogP contribution in [0.1, 0.15) is 36.6 Å². The van der Waals surface area contributed by atoms with Crippen LogP contribution in [0.3, 0.4) is 0 Å². The number of H-pyrrole nitrogens is 1. The van der Waals surface area contributed by atoms with Crippen LogP contribution >= 0.6 is 0 Å². The first-order valence-electron chi connectivity index (χ1n) is 7.10. The van der Waals surface area contributed by atoms with Gasteiger partial charge in [0.2, 0.25) is 0 Å². The van der Waals surface area contributed by atoms with Crippen molar-refractivity contribution in [2.75, 3.05) is 0 Å². The largest absolute Gasteiger partial charge is 0.268 e. The van der Waals surface area contributed by atoms with E-state index in [1.54, 1.807) is 6.07 Å². The highest BCUT2D eigenvalue weighted by atomic mass is 19.3. The maximum atomic E-state index is 13.7. The Balaban J connectivity index is 2.13. The summed E-state index contributed by atoms with van der Waals surface area (Å²) in [4.78, 5) is 17.1. The van der Waals surface area contributed by atoms with Crippen LogP contribution in [0.2, 0.25) is 0 Å². The summed E-state index contributed by atoms with van der Waals surface area (Å²) in [6.07, 6.45) is 0.225. The van der Waals surface area contributed by atoms with Gasteiger partial charge in [0.25, 0.3) is 12.0 Å². The number of halogens is 3. The van der Waals surface area contributed by atoms with Gasteiger partial charge in [-0.2, -0.15) is 5.10 Å². The van der Waals surface area contributed by atoms with E-state index < -0.39 is 23.4 Å². The Bertz CT molecular complexity index is 946. The molecule has 0 unspecified atom stereocenters. The van der Waals surface area contributed by atoms with Crippen molar-refractivity contribution in [1.29, 1.82) is 0 Å². The van der Waals surface area contributed by atoms with Crippen LogP contribution in [0, 0.1) is 5.82 Å². The zero-order chi connectivity index (χ0) is 16.1. The van der Waals surface area contributed by atoms with Crippen molar-refractivity contribution in [3.63, 3.8) is 0 Å². The number of hydrogen-bond donors (Lipinski definition) is 1. The summed E-state index contributed by atoms with van der Waals surface area (Å²) < 4.78 is 41.3. The number of benzene rings is 1. The van der Waals surface area contributed by atoms with Gasteiger partial charge >= 0.3 is 0 Å². The first-order valence-corrected chi connectivity index (χ1v) is 7.10. The molecule has 1 saturated carbocycles. The highest BCUT2D eigenvalue weighted by Crippen LogP contribution is 2.40. The van der Waals surface area contributed by atoms with Crippen LogP contribution in [0.4, 0.5) is 13.2 Å². The molecule has 0 bridgehead atoms. The molecule has 0 radical (unpaired) electrons. The first kappa shape index (κ1) is 14.0. The van der Waals surface area contributed by atoms with Crippen molar-refractivity contribution in [2.24, 2.45) is 0 Å². The molecule has 1 fully saturated rings. The summed E-state index contributed by atoms with van der Waals surface area (Å²) in [6.45, 7) is 0. The van der Waals surface area contributed by atoms with E-state index in [0.717, 1.165) is 25.0 Å². The molecule has 1 N–H and O–H groups in total. The summed E-state index contributed by atoms with van der Waals surface area (Å²) in [6, 6.07) is 3.25. The number of rotatable bonds is 3. The van der Waals surface area contributed by atoms with Gasteiger partial charge in [-0.1, -0.05) is 0 Å². The Morgan fingerprint density at radius 2 is 2.09 bits per heavy atom. The molecule has 1 aliphatic rings. The summed E-state index contributed by atoms with van der Waals surface area (Å²) in [5, 5.41) is 6.30. The van der Waals surface area contributed by atoms with Crippen molar-refractivity contribution < 1.29 is 13.2 Å². The third kappa shape index (κ3) is 2.21. The minimum atomic E-state index is -2.91. The van der Waals surface area contributed by atoms with Gasteiger partial charge in [-0.15, -0.1) is 0 Å². The Morgan fingerprint density at radius 3 is 2.70 bits per heavy atom. The van der Waals surface area contributed by atoms with Gasteiger partial charge in [0.15, 0.2) is 0 Å². The molecule has 118 valence electrons. The van der Waals surface area contributed by atoms with E-state index in [-0.39, 0.29) is 16.8 Å². The second-order valence-corrected chi connectivity index (χ2v) is 5.52. The molecular weight excluding hydrogens is 309 g/mol. The monoisotopic (exact) mass is 320 g/mol. The SMILES string of the molecule is O=c1c2cc(F)cc(C(F)F)c2nc(C2CC2)n1-c1ccn[nH]1. The molecular formula is C15H11F3N4O. The number of hydrogen-bond acceptors (Lipinski definition) is 3. The number of nitrogens with one attached hydrogen (secondary N) is 1. The molecule has 2 aromatic heterocycles. The van der Waals surface area contributed by atoms with Crippen LogP contribution in [0.15, 0.2) is 29.2 Å². The normalized spacial score (nSPS) is 14.8. The lowest BCUT2D eigenvalue weighted by Crippen LogP contribution is -2.24. The molecule has 1 aliphatic carbocycles. The minimum Gasteiger partial charge on any atom is -0.268 e. The third-order valence-corrected chi connectivity index (χ3v) is 3.90. The van der Waals surface area contributed by atoms with E-state index in [4.69, 9.17) is 0 Å². The summed E-state index contributed by atoms with van der Waals surface area (Å²) in [7, 11) is 0. The molecule has 0 saturated heterocycles. The van der Waals surface area contributed by atoms with E-state index in [1.807, 2.05) is 0 Å². The maximum absolute atomic E-state index is 13.7. The lowest BCUT2D eigenvalue weighted by molar-refractivity contribution is 0.152. The van der Waals surface area contributed by atoms with Gasteiger partial charge in [-0.25, -0.2) is 22.7 Å². The summed E-state index contributed by atoms with van der Waals surface area (Å²) in [5.74, 6) is -0.0672. The van der Waals surface area contributed by atoms with Gasteiger partial charge in [0, 0.05) is 17.5 Å². The first-order chi connectivity index (χ1) is 11.1. The fourth-order valence-electron chi connectivity index (χ4n) is 2.68. The van der Waals surface area contributed by atoms with Crippen LogP contribution < -0.4 is 5.56 Å². The molecule has 0 spiro atoms. The zero-order valence-electron chi connectivity index (χ0n) is 11.8. The van der Waals surface area contributed by atoms with Crippen molar-refractivity contribution >= 4 is 10.9 Å². The van der Waals surface area contributed by atoms with Gasteiger partial charge in [-0.3, -0.25) is 9.89 Å². The molecule has 23 heavy (non-hydrogen) atoms. The maximum Gasteiger partial charge on any atom is 0.267 e. The molecule has 5 nitrogen and oxygen atoms in total. The van der Waals surface area contributed by atoms with E-state index in [2.05, 4.69) is 15.2 Å². The van der Waals surface area contributed by atoms with Crippen LogP contribution in [0.5, 0.6) is 0 Å². The lowest BCUT2D eigenvalue weighted by Gasteiger charge is -2.13. The summed E-state index contributed by atoms with van der Waals surface area (Å²) >= 11 is 0. The summed E-state index contributed by atoms with van der Waals surface area (Å²) in [5.41, 5.74) is -1.28. The molecule has 0 aliphatic heterocycles. The van der Waals surface area contributed by atoms with Gasteiger partial charge in [0.05, 0.1) is 17.1 Å². The fourth-order valence-corrected chi connectivity index (χ4v) is 2.68. The number of alkyl halides is 2. The fraction of sp³-hybridized carbons (Fsp3) is 0.267. The van der Waals surface area contributed by atoms with Gasteiger partial charge in [0.1, 0.15) is 17.5 Å². The van der Waals surface area contributed by atoms with E-state index >= 15 is 0 Å². The van der Waals surface area contributed by atoms with Crippen LogP contribution in [-0.4, -0.2) is 19.7 Å². The molecule has 3 aromatic rings. The molecule has 0 atom stereocenters. The van der Waals surface area contributed by atoms with Crippen molar-refractivity contribution in [1.82, 2.24) is 19.7 Å². The van der Waals surface area contributed by atoms with E-state index in [1.165, 1.54) is 10.8 Å². The standard InChI is InChI=1S/C15H11F3N4O/c16-8-5-9(13(17)18)12-10(6-8)15(23)22(11-3-4-19-21-11)14(20-12)7-1-2-7/h3-7,13H,1-2H2,(H,19,21). The van der Waals surface area contributed by atoms with E-state index in [0.29, 0.717) is 11.6 Å². The predicted molar refractivity (Wildman–Crippen MR) is 76.4 cm³/mol. The topological polar surface area (TPSA) is 63.6 Å². The van der Waals surface area contributed by atoms with Crippen LogP contribution in [-0.2, 0) is 0 Å². The predicted octanol–water partition coefficient (Wildman–Crippen LogP) is 3.06. The molecule has 4 rings (SSSR count). The minimum absolute atomic E-state index is 0.0333. The van der Waals surface area contributed by atoms with Crippen molar-refractivity contribution in [3.8, 4) is 5.82 Å². The molecule has 0 amide bonds. The zero-order valence-corrected chi connectivity index (χ0v) is 11.8. The quantitative estimate of drug-likeness (QED) is 0.807. The highest BCUT2D eigenvalue weighted by molar-refractivity contribution is 5.82. The number of nitrogens with zero attached hydrogens (tertiary/aromatic N) is 3. The average Bonchev–Trinajstić information content (AvgIpc) is 3.22. The third-order valence-electron chi connectivity index (χ3n) is 3.90. The Labute approximate surface area is 127 Å². The van der Waals surface area contributed by atoms with Crippen molar-refractivity contribution in [3.05, 3.63) is 52.0 Å². The Hall–Kier alpha value is -2.64. The van der Waals surface area contributed by atoms with E-state index in [9.17, 15) is 18.0 Å². The Morgan fingerprint density at radius 1 is 1.30 bits per heavy atom. The van der Waals surface area contributed by atoms with Crippen LogP contribution in [0.25, 0.3) is 16.7 Å². The second kappa shape index (κ2) is 4.94. The molecule has 1 aromatic carbocycles. The number of aromatic nitrogens is 4. The highest BCUT2D eigenvalue weighted by Gasteiger charge is 2.31. The molecule has 8 heteroatoms. The number of fused-ring (bicyclic) bond motifs is 1. The number of aromatic amines is 1.